The molecule has 0 saturated heterocycles. The highest BCUT2D eigenvalue weighted by Crippen LogP contribution is 2.41. The molecule has 142 valence electrons. The maximum Gasteiger partial charge on any atom is 0.155 e. The number of hydrogen-bond acceptors (Lipinski definition) is 4. The van der Waals surface area contributed by atoms with Gasteiger partial charge in [-0.25, -0.2) is 9.67 Å². The van der Waals surface area contributed by atoms with Gasteiger partial charge in [-0.05, 0) is 25.1 Å². The monoisotopic (exact) mass is 412 g/mol. The van der Waals surface area contributed by atoms with Crippen molar-refractivity contribution in [1.82, 2.24) is 9.78 Å². The fourth-order valence-corrected chi connectivity index (χ4v) is 3.72. The lowest BCUT2D eigenvalue weighted by Gasteiger charge is -2.15. The van der Waals surface area contributed by atoms with Crippen LogP contribution < -0.4 is 10.1 Å². The zero-order valence-electron chi connectivity index (χ0n) is 15.5. The van der Waals surface area contributed by atoms with Gasteiger partial charge in [0.1, 0.15) is 11.4 Å². The van der Waals surface area contributed by atoms with Crippen molar-refractivity contribution < 1.29 is 4.74 Å². The minimum absolute atomic E-state index is 0.502. The Morgan fingerprint density at radius 1 is 1.18 bits per heavy atom. The number of rotatable bonds is 4. The Balaban J connectivity index is 2.05. The molecular formula is C21H18Cl2N4O. The molecule has 5 nitrogen and oxygen atoms in total. The first kappa shape index (κ1) is 18.6. The minimum Gasteiger partial charge on any atom is -0.495 e. The molecule has 0 unspecified atom stereocenters. The van der Waals surface area contributed by atoms with Crippen molar-refractivity contribution in [3.8, 4) is 5.75 Å². The second-order valence-corrected chi connectivity index (χ2v) is 7.17. The third-order valence-electron chi connectivity index (χ3n) is 4.55. The van der Waals surface area contributed by atoms with Gasteiger partial charge in [0.15, 0.2) is 5.82 Å². The van der Waals surface area contributed by atoms with Gasteiger partial charge in [-0.1, -0.05) is 47.5 Å². The molecule has 2 aromatic carbocycles. The Hall–Kier alpha value is -2.76. The van der Waals surface area contributed by atoms with Crippen LogP contribution in [0.5, 0.6) is 5.75 Å². The van der Waals surface area contributed by atoms with Gasteiger partial charge in [0.2, 0.25) is 0 Å². The highest BCUT2D eigenvalue weighted by atomic mass is 35.5. The summed E-state index contributed by atoms with van der Waals surface area (Å²) < 4.78 is 7.26. The van der Waals surface area contributed by atoms with Crippen LogP contribution in [-0.4, -0.2) is 22.6 Å². The van der Waals surface area contributed by atoms with Crippen LogP contribution in [0.2, 0.25) is 10.0 Å². The molecule has 28 heavy (non-hydrogen) atoms. The smallest absolute Gasteiger partial charge is 0.155 e. The van der Waals surface area contributed by atoms with Crippen molar-refractivity contribution in [2.45, 2.75) is 13.5 Å². The van der Waals surface area contributed by atoms with Gasteiger partial charge in [-0.2, -0.15) is 5.10 Å². The first-order valence-corrected chi connectivity index (χ1v) is 9.46. The Morgan fingerprint density at radius 3 is 2.68 bits per heavy atom. The van der Waals surface area contributed by atoms with Crippen LogP contribution in [0, 0.1) is 6.92 Å². The topological polar surface area (TPSA) is 51.4 Å². The van der Waals surface area contributed by atoms with Gasteiger partial charge in [-0.3, -0.25) is 0 Å². The van der Waals surface area contributed by atoms with E-state index in [0.717, 1.165) is 39.7 Å². The number of anilines is 2. The maximum atomic E-state index is 6.51. The molecule has 0 amide bonds. The van der Waals surface area contributed by atoms with E-state index >= 15 is 0 Å². The summed E-state index contributed by atoms with van der Waals surface area (Å²) in [6, 6.07) is 11.3. The van der Waals surface area contributed by atoms with Crippen LogP contribution in [0.15, 0.2) is 54.0 Å². The van der Waals surface area contributed by atoms with Crippen molar-refractivity contribution in [3.05, 3.63) is 75.9 Å². The third kappa shape index (κ3) is 3.07. The largest absolute Gasteiger partial charge is 0.495 e. The van der Waals surface area contributed by atoms with E-state index in [4.69, 9.17) is 32.9 Å². The Kier molecular flexibility index (Phi) is 4.87. The van der Waals surface area contributed by atoms with Gasteiger partial charge in [0.25, 0.3) is 0 Å². The summed E-state index contributed by atoms with van der Waals surface area (Å²) in [6.45, 7) is 6.30. The van der Waals surface area contributed by atoms with Crippen LogP contribution in [0.3, 0.4) is 0 Å². The lowest BCUT2D eigenvalue weighted by Crippen LogP contribution is -2.08. The van der Waals surface area contributed by atoms with Gasteiger partial charge < -0.3 is 10.1 Å². The van der Waals surface area contributed by atoms with Crippen molar-refractivity contribution >= 4 is 46.1 Å². The number of ether oxygens (including phenoxy) is 1. The fraction of sp³-hybridized carbons (Fsp3) is 0.143. The lowest BCUT2D eigenvalue weighted by molar-refractivity contribution is 0.415. The minimum atomic E-state index is 0.502. The van der Waals surface area contributed by atoms with Crippen LogP contribution in [0.4, 0.5) is 17.2 Å². The molecule has 7 heteroatoms. The van der Waals surface area contributed by atoms with Gasteiger partial charge in [0.05, 0.1) is 35.8 Å². The molecule has 0 bridgehead atoms. The molecule has 1 aliphatic heterocycles. The van der Waals surface area contributed by atoms with E-state index in [1.807, 2.05) is 48.0 Å². The van der Waals surface area contributed by atoms with Crippen molar-refractivity contribution in [3.63, 3.8) is 0 Å². The summed E-state index contributed by atoms with van der Waals surface area (Å²) in [5, 5.41) is 9.15. The number of nitrogens with one attached hydrogen (secondary N) is 1. The Labute approximate surface area is 173 Å². The average Bonchev–Trinajstić information content (AvgIpc) is 2.86. The molecular weight excluding hydrogens is 395 g/mol. The standard InChI is InChI=1S/C21H18Cl2N4O/c1-4-9-27-21-19(12(2)26-27)25-20(13-7-5-6-8-15(13)22)14-10-18(28-3)16(23)11-17(14)24-21/h4-8,10-11,24H,1,9H2,2-3H3. The maximum absolute atomic E-state index is 6.51. The molecule has 0 fully saturated rings. The quantitative estimate of drug-likeness (QED) is 0.423. The summed E-state index contributed by atoms with van der Waals surface area (Å²) in [7, 11) is 1.59. The van der Waals surface area contributed by atoms with E-state index < -0.39 is 0 Å². The van der Waals surface area contributed by atoms with E-state index in [0.29, 0.717) is 22.3 Å². The van der Waals surface area contributed by atoms with Crippen LogP contribution >= 0.6 is 23.2 Å². The highest BCUT2D eigenvalue weighted by molar-refractivity contribution is 6.37. The van der Waals surface area contributed by atoms with Crippen molar-refractivity contribution in [1.29, 1.82) is 0 Å². The van der Waals surface area contributed by atoms with E-state index in [9.17, 15) is 0 Å². The van der Waals surface area contributed by atoms with Crippen LogP contribution in [-0.2, 0) is 6.54 Å². The molecule has 0 aliphatic carbocycles. The molecule has 3 aromatic rings. The highest BCUT2D eigenvalue weighted by Gasteiger charge is 2.25. The van der Waals surface area contributed by atoms with Gasteiger partial charge in [0, 0.05) is 16.1 Å². The number of nitrogens with zero attached hydrogens (tertiary/aromatic N) is 3. The lowest BCUT2D eigenvalue weighted by atomic mass is 10.00. The number of allylic oxidation sites excluding steroid dienone is 1. The number of methoxy groups -OCH3 is 1. The van der Waals surface area contributed by atoms with E-state index in [1.54, 1.807) is 13.2 Å². The number of halogens is 2. The van der Waals surface area contributed by atoms with Crippen LogP contribution in [0.25, 0.3) is 0 Å². The molecule has 1 aromatic heterocycles. The SMILES string of the molecule is C=CCn1nc(C)c2c1Nc1cc(Cl)c(OC)cc1C(c1ccccc1Cl)=N2. The van der Waals surface area contributed by atoms with Crippen molar-refractivity contribution in [2.75, 3.05) is 12.4 Å². The summed E-state index contributed by atoms with van der Waals surface area (Å²) in [5.74, 6) is 1.35. The molecule has 4 rings (SSSR count). The molecule has 0 radical (unpaired) electrons. The van der Waals surface area contributed by atoms with E-state index in [2.05, 4.69) is 17.0 Å². The Bertz CT molecular complexity index is 1120. The average molecular weight is 413 g/mol. The van der Waals surface area contributed by atoms with E-state index in [-0.39, 0.29) is 0 Å². The molecule has 1 aliphatic rings. The summed E-state index contributed by atoms with van der Waals surface area (Å²) >= 11 is 12.9. The normalized spacial score (nSPS) is 12.4. The number of aliphatic imine (C=N–C) groups is 1. The van der Waals surface area contributed by atoms with Gasteiger partial charge in [-0.15, -0.1) is 6.58 Å². The molecule has 0 saturated carbocycles. The molecule has 0 atom stereocenters. The first-order valence-electron chi connectivity index (χ1n) is 8.70. The predicted molar refractivity (Wildman–Crippen MR) is 115 cm³/mol. The summed E-state index contributed by atoms with van der Waals surface area (Å²) in [4.78, 5) is 4.97. The number of benzene rings is 2. The first-order chi connectivity index (χ1) is 13.5. The predicted octanol–water partition coefficient (Wildman–Crippen LogP) is 5.92. The summed E-state index contributed by atoms with van der Waals surface area (Å²) in [5.41, 5.74) is 4.75. The number of aromatic nitrogens is 2. The molecule has 0 spiro atoms. The Morgan fingerprint density at radius 2 is 1.96 bits per heavy atom. The van der Waals surface area contributed by atoms with Gasteiger partial charge >= 0.3 is 0 Å². The zero-order valence-corrected chi connectivity index (χ0v) is 17.0. The fourth-order valence-electron chi connectivity index (χ4n) is 3.25. The van der Waals surface area contributed by atoms with Crippen molar-refractivity contribution in [2.24, 2.45) is 4.99 Å². The van der Waals surface area contributed by atoms with Crippen LogP contribution in [0.1, 0.15) is 16.8 Å². The second kappa shape index (κ2) is 7.34. The number of aryl methyl sites for hydroxylation is 1. The molecule has 1 N–H and O–H groups in total. The molecule has 2 heterocycles. The summed E-state index contributed by atoms with van der Waals surface area (Å²) in [6.07, 6.45) is 1.79. The number of hydrogen-bond donors (Lipinski definition) is 1. The third-order valence-corrected chi connectivity index (χ3v) is 5.18. The second-order valence-electron chi connectivity index (χ2n) is 6.35. The number of fused-ring (bicyclic) bond motifs is 2. The zero-order chi connectivity index (χ0) is 19.8. The van der Waals surface area contributed by atoms with E-state index in [1.165, 1.54) is 0 Å².